The number of H-pyrrole nitrogens is 1. The average molecular weight is 292 g/mol. The van der Waals surface area contributed by atoms with E-state index in [1.54, 1.807) is 12.1 Å². The molecule has 20 heavy (non-hydrogen) atoms. The lowest BCUT2D eigenvalue weighted by atomic mass is 10.1. The van der Waals surface area contributed by atoms with Gasteiger partial charge in [-0.2, -0.15) is 0 Å². The molecule has 5 nitrogen and oxygen atoms in total. The van der Waals surface area contributed by atoms with Gasteiger partial charge >= 0.3 is 0 Å². The first kappa shape index (κ1) is 13.0. The number of amides is 2. The van der Waals surface area contributed by atoms with Crippen LogP contribution in [-0.4, -0.2) is 29.4 Å². The number of hydrogen-bond donors (Lipinski definition) is 3. The standard InChI is InChI=1S/C14H14ClN3O2/c15-9-3-1-4-10-8(9)7-12(17-10)14(20)18-11-5-2-6-16-13(11)19/h1,3-4,7,11,17H,2,5-6H2,(H,16,19)(H,18,20)/t11-/m0/s1. The fourth-order valence-electron chi connectivity index (χ4n) is 2.39. The molecular weight excluding hydrogens is 278 g/mol. The zero-order valence-corrected chi connectivity index (χ0v) is 11.5. The van der Waals surface area contributed by atoms with E-state index < -0.39 is 6.04 Å². The van der Waals surface area contributed by atoms with E-state index in [4.69, 9.17) is 11.6 Å². The van der Waals surface area contributed by atoms with Crippen LogP contribution in [0.25, 0.3) is 10.9 Å². The molecule has 3 N–H and O–H groups in total. The average Bonchev–Trinajstić information content (AvgIpc) is 2.87. The van der Waals surface area contributed by atoms with Crippen molar-refractivity contribution in [3.8, 4) is 0 Å². The minimum Gasteiger partial charge on any atom is -0.354 e. The summed E-state index contributed by atoms with van der Waals surface area (Å²) in [6.07, 6.45) is 1.54. The van der Waals surface area contributed by atoms with Gasteiger partial charge in [0.05, 0.1) is 0 Å². The molecule has 1 aromatic carbocycles. The highest BCUT2D eigenvalue weighted by Gasteiger charge is 2.24. The third kappa shape index (κ3) is 2.36. The van der Waals surface area contributed by atoms with Gasteiger partial charge in [-0.1, -0.05) is 17.7 Å². The molecule has 1 aliphatic rings. The van der Waals surface area contributed by atoms with Crippen LogP contribution in [0.5, 0.6) is 0 Å². The highest BCUT2D eigenvalue weighted by Crippen LogP contribution is 2.24. The minimum atomic E-state index is -0.460. The van der Waals surface area contributed by atoms with Gasteiger partial charge in [0.1, 0.15) is 11.7 Å². The van der Waals surface area contributed by atoms with Gasteiger partial charge in [-0.25, -0.2) is 0 Å². The number of rotatable bonds is 2. The van der Waals surface area contributed by atoms with Gasteiger partial charge in [-0.15, -0.1) is 0 Å². The van der Waals surface area contributed by atoms with Crippen LogP contribution in [0.2, 0.25) is 5.02 Å². The molecule has 2 amide bonds. The summed E-state index contributed by atoms with van der Waals surface area (Å²) in [7, 11) is 0. The van der Waals surface area contributed by atoms with E-state index in [1.165, 1.54) is 0 Å². The molecule has 6 heteroatoms. The molecule has 0 aliphatic carbocycles. The van der Waals surface area contributed by atoms with Crippen LogP contribution in [0.1, 0.15) is 23.3 Å². The third-order valence-electron chi connectivity index (χ3n) is 3.45. The molecule has 0 spiro atoms. The molecule has 1 saturated heterocycles. The molecule has 0 unspecified atom stereocenters. The van der Waals surface area contributed by atoms with Crippen LogP contribution >= 0.6 is 11.6 Å². The van der Waals surface area contributed by atoms with Crippen LogP contribution in [0, 0.1) is 0 Å². The maximum atomic E-state index is 12.2. The summed E-state index contributed by atoms with van der Waals surface area (Å²) < 4.78 is 0. The van der Waals surface area contributed by atoms with Crippen molar-refractivity contribution in [1.29, 1.82) is 0 Å². The second-order valence-electron chi connectivity index (χ2n) is 4.84. The van der Waals surface area contributed by atoms with E-state index in [0.717, 1.165) is 17.3 Å². The molecule has 3 rings (SSSR count). The van der Waals surface area contributed by atoms with Gasteiger partial charge in [-0.3, -0.25) is 9.59 Å². The van der Waals surface area contributed by atoms with Crippen LogP contribution in [0.3, 0.4) is 0 Å². The molecular formula is C14H14ClN3O2. The molecule has 2 aromatic rings. The van der Waals surface area contributed by atoms with E-state index in [2.05, 4.69) is 15.6 Å². The maximum Gasteiger partial charge on any atom is 0.268 e. The number of carbonyl (C=O) groups excluding carboxylic acids is 2. The maximum absolute atomic E-state index is 12.2. The van der Waals surface area contributed by atoms with Gasteiger partial charge in [0.2, 0.25) is 5.91 Å². The zero-order valence-electron chi connectivity index (χ0n) is 10.7. The molecule has 1 atom stereocenters. The van der Waals surface area contributed by atoms with Crippen LogP contribution in [-0.2, 0) is 4.79 Å². The topological polar surface area (TPSA) is 74.0 Å². The Kier molecular flexibility index (Phi) is 3.36. The minimum absolute atomic E-state index is 0.126. The van der Waals surface area contributed by atoms with Gasteiger partial charge in [0.25, 0.3) is 5.91 Å². The Morgan fingerprint density at radius 1 is 1.40 bits per heavy atom. The van der Waals surface area contributed by atoms with Crippen molar-refractivity contribution in [3.63, 3.8) is 0 Å². The van der Waals surface area contributed by atoms with Gasteiger partial charge in [0, 0.05) is 22.5 Å². The zero-order chi connectivity index (χ0) is 14.1. The van der Waals surface area contributed by atoms with E-state index in [9.17, 15) is 9.59 Å². The van der Waals surface area contributed by atoms with Crippen molar-refractivity contribution in [2.45, 2.75) is 18.9 Å². The fraction of sp³-hybridized carbons (Fsp3) is 0.286. The van der Waals surface area contributed by atoms with Crippen LogP contribution in [0.15, 0.2) is 24.3 Å². The smallest absolute Gasteiger partial charge is 0.268 e. The molecule has 104 valence electrons. The predicted octanol–water partition coefficient (Wildman–Crippen LogP) is 1.83. The number of benzene rings is 1. The molecule has 1 aromatic heterocycles. The number of piperidine rings is 1. The number of fused-ring (bicyclic) bond motifs is 1. The van der Waals surface area contributed by atoms with Gasteiger partial charge in [-0.05, 0) is 31.0 Å². The first-order valence-corrected chi connectivity index (χ1v) is 6.89. The Hall–Kier alpha value is -2.01. The van der Waals surface area contributed by atoms with Crippen molar-refractivity contribution in [3.05, 3.63) is 35.0 Å². The van der Waals surface area contributed by atoms with Crippen molar-refractivity contribution in [2.24, 2.45) is 0 Å². The normalized spacial score (nSPS) is 18.9. The lowest BCUT2D eigenvalue weighted by Gasteiger charge is -2.22. The van der Waals surface area contributed by atoms with E-state index in [-0.39, 0.29) is 11.8 Å². The van der Waals surface area contributed by atoms with Crippen molar-refractivity contribution in [2.75, 3.05) is 6.54 Å². The summed E-state index contributed by atoms with van der Waals surface area (Å²) in [6, 6.07) is 6.68. The molecule has 1 fully saturated rings. The summed E-state index contributed by atoms with van der Waals surface area (Å²) in [5.41, 5.74) is 1.21. The summed E-state index contributed by atoms with van der Waals surface area (Å²) in [5, 5.41) is 6.87. The molecule has 1 aliphatic heterocycles. The first-order chi connectivity index (χ1) is 9.65. The lowest BCUT2D eigenvalue weighted by Crippen LogP contribution is -2.50. The Morgan fingerprint density at radius 3 is 3.00 bits per heavy atom. The summed E-state index contributed by atoms with van der Waals surface area (Å²) >= 11 is 6.07. The van der Waals surface area contributed by atoms with Crippen LogP contribution < -0.4 is 10.6 Å². The number of aromatic nitrogens is 1. The molecule has 2 heterocycles. The molecule has 0 bridgehead atoms. The number of aromatic amines is 1. The first-order valence-electron chi connectivity index (χ1n) is 6.51. The predicted molar refractivity (Wildman–Crippen MR) is 76.8 cm³/mol. The quantitative estimate of drug-likeness (QED) is 0.790. The van der Waals surface area contributed by atoms with Crippen molar-refractivity contribution in [1.82, 2.24) is 15.6 Å². The largest absolute Gasteiger partial charge is 0.354 e. The van der Waals surface area contributed by atoms with Crippen molar-refractivity contribution >= 4 is 34.3 Å². The Labute approximate surface area is 120 Å². The van der Waals surface area contributed by atoms with Gasteiger partial charge < -0.3 is 15.6 Å². The number of hydrogen-bond acceptors (Lipinski definition) is 2. The number of halogens is 1. The summed E-state index contributed by atoms with van der Waals surface area (Å²) in [4.78, 5) is 26.8. The third-order valence-corrected chi connectivity index (χ3v) is 3.78. The number of carbonyl (C=O) groups is 2. The summed E-state index contributed by atoms with van der Waals surface area (Å²) in [5.74, 6) is -0.418. The molecule has 0 saturated carbocycles. The van der Waals surface area contributed by atoms with E-state index >= 15 is 0 Å². The van der Waals surface area contributed by atoms with E-state index in [0.29, 0.717) is 23.7 Å². The Bertz CT molecular complexity index is 680. The highest BCUT2D eigenvalue weighted by molar-refractivity contribution is 6.35. The highest BCUT2D eigenvalue weighted by atomic mass is 35.5. The fourth-order valence-corrected chi connectivity index (χ4v) is 2.62. The Morgan fingerprint density at radius 2 is 2.25 bits per heavy atom. The second kappa shape index (κ2) is 5.17. The van der Waals surface area contributed by atoms with Crippen LogP contribution in [0.4, 0.5) is 0 Å². The Balaban J connectivity index is 1.82. The van der Waals surface area contributed by atoms with Gasteiger partial charge in [0.15, 0.2) is 0 Å². The summed E-state index contributed by atoms with van der Waals surface area (Å²) in [6.45, 7) is 0.674. The SMILES string of the molecule is O=C(N[C@H]1CCCNC1=O)c1cc2c(Cl)cccc2[nH]1. The second-order valence-corrected chi connectivity index (χ2v) is 5.25. The van der Waals surface area contributed by atoms with Crippen molar-refractivity contribution < 1.29 is 9.59 Å². The number of nitrogens with one attached hydrogen (secondary N) is 3. The lowest BCUT2D eigenvalue weighted by molar-refractivity contribution is -0.124. The molecule has 0 radical (unpaired) electrons. The monoisotopic (exact) mass is 291 g/mol. The van der Waals surface area contributed by atoms with E-state index in [1.807, 2.05) is 12.1 Å².